The van der Waals surface area contributed by atoms with E-state index in [0.29, 0.717) is 33.7 Å². The molecule has 0 saturated carbocycles. The van der Waals surface area contributed by atoms with Gasteiger partial charge in [-0.25, -0.2) is 4.98 Å². The summed E-state index contributed by atoms with van der Waals surface area (Å²) in [6, 6.07) is 0. The number of hydrogen-bond acceptors (Lipinski definition) is 5. The van der Waals surface area contributed by atoms with Crippen LogP contribution in [0.3, 0.4) is 0 Å². The van der Waals surface area contributed by atoms with Crippen molar-refractivity contribution in [2.24, 2.45) is 0 Å². The lowest BCUT2D eigenvalue weighted by Gasteiger charge is -2.26. The van der Waals surface area contributed by atoms with Crippen LogP contribution in [0, 0.1) is 6.92 Å². The molecular weight excluding hydrogens is 364 g/mol. The largest absolute Gasteiger partial charge is 0.342 e. The number of amides is 2. The van der Waals surface area contributed by atoms with Gasteiger partial charge < -0.3 is 9.80 Å². The van der Waals surface area contributed by atoms with E-state index in [-0.39, 0.29) is 23.9 Å². The molecule has 0 N–H and O–H groups in total. The fourth-order valence-electron chi connectivity index (χ4n) is 3.54. The molecule has 1 aliphatic heterocycles. The van der Waals surface area contributed by atoms with Crippen molar-refractivity contribution in [3.63, 3.8) is 0 Å². The molecule has 2 aromatic rings. The van der Waals surface area contributed by atoms with Crippen molar-refractivity contribution in [3.8, 4) is 0 Å². The van der Waals surface area contributed by atoms with Crippen LogP contribution in [-0.4, -0.2) is 57.3 Å². The van der Waals surface area contributed by atoms with E-state index in [4.69, 9.17) is 0 Å². The number of hydrogen-bond donors (Lipinski definition) is 0. The maximum Gasteiger partial charge on any atom is 0.264 e. The number of piperidine rings is 1. The quantitative estimate of drug-likeness (QED) is 0.785. The first-order chi connectivity index (χ1) is 13.0. The Kier molecular flexibility index (Phi) is 5.94. The van der Waals surface area contributed by atoms with E-state index in [0.717, 1.165) is 32.4 Å². The van der Waals surface area contributed by atoms with Crippen molar-refractivity contribution in [1.82, 2.24) is 19.4 Å². The Hall–Kier alpha value is -2.22. The molecule has 0 unspecified atom stereocenters. The van der Waals surface area contributed by atoms with Crippen molar-refractivity contribution < 1.29 is 9.59 Å². The topological polar surface area (TPSA) is 75.5 Å². The Bertz CT molecular complexity index is 908. The molecule has 1 aliphatic rings. The van der Waals surface area contributed by atoms with Crippen LogP contribution in [0.15, 0.2) is 11.1 Å². The third-order valence-electron chi connectivity index (χ3n) is 5.18. The van der Waals surface area contributed by atoms with Gasteiger partial charge in [0.15, 0.2) is 0 Å². The first-order valence-corrected chi connectivity index (χ1v) is 10.3. The van der Waals surface area contributed by atoms with Crippen molar-refractivity contribution >= 4 is 33.4 Å². The van der Waals surface area contributed by atoms with Gasteiger partial charge in [0.1, 0.15) is 11.4 Å². The molecule has 2 aromatic heterocycles. The second kappa shape index (κ2) is 8.21. The predicted molar refractivity (Wildman–Crippen MR) is 106 cm³/mol. The third kappa shape index (κ3) is 3.76. The van der Waals surface area contributed by atoms with Gasteiger partial charge in [-0.1, -0.05) is 0 Å². The molecule has 3 rings (SSSR count). The molecule has 0 radical (unpaired) electrons. The standard InChI is InChI=1S/C19H26N4O3S/c1-4-21(5-2)14(24)11-23-12-20-17-15(18(23)25)13(3)16(27-17)19(26)22-9-7-6-8-10-22/h12H,4-11H2,1-3H3. The van der Waals surface area contributed by atoms with Crippen LogP contribution in [0.2, 0.25) is 0 Å². The average molecular weight is 391 g/mol. The molecule has 146 valence electrons. The Labute approximate surface area is 162 Å². The summed E-state index contributed by atoms with van der Waals surface area (Å²) in [5.41, 5.74) is 0.416. The molecule has 0 bridgehead atoms. The van der Waals surface area contributed by atoms with Gasteiger partial charge in [-0.3, -0.25) is 19.0 Å². The lowest BCUT2D eigenvalue weighted by atomic mass is 10.1. The molecule has 0 atom stereocenters. The monoisotopic (exact) mass is 390 g/mol. The summed E-state index contributed by atoms with van der Waals surface area (Å²) in [6.07, 6.45) is 4.61. The number of aromatic nitrogens is 2. The summed E-state index contributed by atoms with van der Waals surface area (Å²) in [5, 5.41) is 0.454. The van der Waals surface area contributed by atoms with Gasteiger partial charge in [0.2, 0.25) is 5.91 Å². The zero-order valence-corrected chi connectivity index (χ0v) is 17.0. The summed E-state index contributed by atoms with van der Waals surface area (Å²) in [4.78, 5) is 47.2. The van der Waals surface area contributed by atoms with Crippen LogP contribution in [0.5, 0.6) is 0 Å². The molecule has 8 heteroatoms. The predicted octanol–water partition coefficient (Wildman–Crippen LogP) is 2.26. The SMILES string of the molecule is CCN(CC)C(=O)Cn1cnc2sc(C(=O)N3CCCCC3)c(C)c2c1=O. The number of likely N-dealkylation sites (N-methyl/N-ethyl adjacent to an activating group) is 1. The van der Waals surface area contributed by atoms with E-state index in [1.165, 1.54) is 22.2 Å². The van der Waals surface area contributed by atoms with Gasteiger partial charge in [0.25, 0.3) is 11.5 Å². The highest BCUT2D eigenvalue weighted by molar-refractivity contribution is 7.20. The summed E-state index contributed by atoms with van der Waals surface area (Å²) in [6.45, 7) is 8.33. The minimum atomic E-state index is -0.257. The van der Waals surface area contributed by atoms with Gasteiger partial charge in [-0.05, 0) is 45.6 Å². The zero-order chi connectivity index (χ0) is 19.6. The Morgan fingerprint density at radius 3 is 2.48 bits per heavy atom. The third-order valence-corrected chi connectivity index (χ3v) is 6.36. The highest BCUT2D eigenvalue weighted by Gasteiger charge is 2.25. The number of carbonyl (C=O) groups is 2. The zero-order valence-electron chi connectivity index (χ0n) is 16.2. The van der Waals surface area contributed by atoms with Gasteiger partial charge in [-0.2, -0.15) is 0 Å². The van der Waals surface area contributed by atoms with Crippen LogP contribution in [0.4, 0.5) is 0 Å². The van der Waals surface area contributed by atoms with Crippen LogP contribution in [0.25, 0.3) is 10.2 Å². The lowest BCUT2D eigenvalue weighted by molar-refractivity contribution is -0.131. The molecule has 0 spiro atoms. The van der Waals surface area contributed by atoms with Crippen molar-refractivity contribution in [2.45, 2.75) is 46.6 Å². The lowest BCUT2D eigenvalue weighted by Crippen LogP contribution is -2.36. The van der Waals surface area contributed by atoms with Crippen molar-refractivity contribution in [3.05, 3.63) is 27.1 Å². The molecule has 1 fully saturated rings. The Balaban J connectivity index is 1.94. The minimum absolute atomic E-state index is 0.0135. The Morgan fingerprint density at radius 1 is 1.19 bits per heavy atom. The number of nitrogens with zero attached hydrogens (tertiary/aromatic N) is 4. The van der Waals surface area contributed by atoms with E-state index >= 15 is 0 Å². The van der Waals surface area contributed by atoms with Crippen LogP contribution < -0.4 is 5.56 Å². The second-order valence-corrected chi connectivity index (χ2v) is 7.83. The first kappa shape index (κ1) is 19.5. The highest BCUT2D eigenvalue weighted by atomic mass is 32.1. The summed E-state index contributed by atoms with van der Waals surface area (Å²) < 4.78 is 1.35. The molecule has 2 amide bonds. The molecule has 0 aromatic carbocycles. The second-order valence-electron chi connectivity index (χ2n) is 6.83. The average Bonchev–Trinajstić information content (AvgIpc) is 3.02. The number of rotatable bonds is 5. The van der Waals surface area contributed by atoms with E-state index in [9.17, 15) is 14.4 Å². The number of thiophene rings is 1. The number of carbonyl (C=O) groups excluding carboxylic acids is 2. The molecule has 0 aliphatic carbocycles. The van der Waals surface area contributed by atoms with E-state index in [1.54, 1.807) is 11.8 Å². The fraction of sp³-hybridized carbons (Fsp3) is 0.579. The number of likely N-dealkylation sites (tertiary alicyclic amines) is 1. The van der Waals surface area contributed by atoms with Crippen LogP contribution in [0.1, 0.15) is 48.3 Å². The molecule has 7 nitrogen and oxygen atoms in total. The van der Waals surface area contributed by atoms with Gasteiger partial charge in [0, 0.05) is 26.2 Å². The van der Waals surface area contributed by atoms with E-state index in [1.807, 2.05) is 18.7 Å². The fourth-order valence-corrected chi connectivity index (χ4v) is 4.65. The molecule has 1 saturated heterocycles. The maximum atomic E-state index is 12.9. The summed E-state index contributed by atoms with van der Waals surface area (Å²) in [7, 11) is 0. The summed E-state index contributed by atoms with van der Waals surface area (Å²) >= 11 is 1.27. The Morgan fingerprint density at radius 2 is 1.85 bits per heavy atom. The van der Waals surface area contributed by atoms with Gasteiger partial charge in [-0.15, -0.1) is 11.3 Å². The minimum Gasteiger partial charge on any atom is -0.342 e. The van der Waals surface area contributed by atoms with Gasteiger partial charge in [0.05, 0.1) is 16.6 Å². The first-order valence-electron chi connectivity index (χ1n) is 9.53. The van der Waals surface area contributed by atoms with Crippen LogP contribution >= 0.6 is 11.3 Å². The van der Waals surface area contributed by atoms with Gasteiger partial charge >= 0.3 is 0 Å². The maximum absolute atomic E-state index is 12.9. The number of fused-ring (bicyclic) bond motifs is 1. The number of aryl methyl sites for hydroxylation is 1. The highest BCUT2D eigenvalue weighted by Crippen LogP contribution is 2.28. The normalized spacial score (nSPS) is 14.6. The molecule has 3 heterocycles. The smallest absolute Gasteiger partial charge is 0.264 e. The molecular formula is C19H26N4O3S. The van der Waals surface area contributed by atoms with E-state index in [2.05, 4.69) is 4.98 Å². The molecule has 27 heavy (non-hydrogen) atoms. The van der Waals surface area contributed by atoms with E-state index < -0.39 is 0 Å². The van der Waals surface area contributed by atoms with Crippen molar-refractivity contribution in [1.29, 1.82) is 0 Å². The summed E-state index contributed by atoms with van der Waals surface area (Å²) in [5.74, 6) is -0.124. The van der Waals surface area contributed by atoms with Crippen LogP contribution in [-0.2, 0) is 11.3 Å². The van der Waals surface area contributed by atoms with Crippen molar-refractivity contribution in [2.75, 3.05) is 26.2 Å².